The Bertz CT molecular complexity index is 473. The first-order valence-electron chi connectivity index (χ1n) is 5.65. The largest absolute Gasteiger partial charge is 0.361 e. The average molecular weight is 237 g/mol. The minimum atomic E-state index is 0. The Hall–Kier alpha value is -0.990. The third-order valence-electron chi connectivity index (χ3n) is 3.29. The molecule has 0 amide bonds. The van der Waals surface area contributed by atoms with E-state index in [4.69, 9.17) is 5.73 Å². The van der Waals surface area contributed by atoms with Gasteiger partial charge in [-0.3, -0.25) is 0 Å². The summed E-state index contributed by atoms with van der Waals surface area (Å²) >= 11 is 0. The molecule has 0 saturated heterocycles. The van der Waals surface area contributed by atoms with Crippen molar-refractivity contribution < 1.29 is 0 Å². The molecule has 1 atom stereocenters. The highest BCUT2D eigenvalue weighted by Gasteiger charge is 2.24. The maximum Gasteiger partial charge on any atom is 0.0454 e. The number of nitrogens with one attached hydrogen (secondary N) is 1. The second-order valence-corrected chi connectivity index (χ2v) is 4.61. The van der Waals surface area contributed by atoms with E-state index in [0.717, 1.165) is 12.3 Å². The molecule has 1 aliphatic rings. The van der Waals surface area contributed by atoms with Crippen LogP contribution in [0.5, 0.6) is 0 Å². The van der Waals surface area contributed by atoms with Crippen molar-refractivity contribution in [3.8, 4) is 0 Å². The van der Waals surface area contributed by atoms with Gasteiger partial charge in [0.25, 0.3) is 0 Å². The quantitative estimate of drug-likeness (QED) is 0.843. The van der Waals surface area contributed by atoms with Gasteiger partial charge in [-0.1, -0.05) is 18.9 Å². The van der Waals surface area contributed by atoms with Crippen LogP contribution in [0.2, 0.25) is 0 Å². The zero-order valence-electron chi connectivity index (χ0n) is 9.15. The number of aromatic amines is 1. The van der Waals surface area contributed by atoms with Crippen LogP contribution in [0.15, 0.2) is 30.5 Å². The predicted molar refractivity (Wildman–Crippen MR) is 69.8 cm³/mol. The number of aromatic nitrogens is 1. The summed E-state index contributed by atoms with van der Waals surface area (Å²) in [4.78, 5) is 3.20. The lowest BCUT2D eigenvalue weighted by atomic mass is 10.0. The Balaban J connectivity index is 0.000000963. The van der Waals surface area contributed by atoms with Gasteiger partial charge < -0.3 is 10.7 Å². The second kappa shape index (κ2) is 4.48. The summed E-state index contributed by atoms with van der Waals surface area (Å²) in [5.74, 6) is 0.891. The Morgan fingerprint density at radius 3 is 2.88 bits per heavy atom. The van der Waals surface area contributed by atoms with Crippen molar-refractivity contribution in [2.24, 2.45) is 11.7 Å². The highest BCUT2D eigenvalue weighted by Crippen LogP contribution is 2.37. The molecular weight excluding hydrogens is 220 g/mol. The van der Waals surface area contributed by atoms with Crippen LogP contribution in [-0.4, -0.2) is 4.98 Å². The van der Waals surface area contributed by atoms with Crippen LogP contribution in [0.3, 0.4) is 0 Å². The smallest absolute Gasteiger partial charge is 0.0454 e. The highest BCUT2D eigenvalue weighted by molar-refractivity contribution is 5.85. The molecule has 1 heterocycles. The Morgan fingerprint density at radius 2 is 2.12 bits per heavy atom. The molecule has 1 aromatic heterocycles. The number of hydrogen-bond acceptors (Lipinski definition) is 1. The zero-order chi connectivity index (χ0) is 10.3. The molecule has 3 rings (SSSR count). The average Bonchev–Trinajstić information content (AvgIpc) is 2.94. The fourth-order valence-corrected chi connectivity index (χ4v) is 2.15. The number of rotatable bonds is 3. The Kier molecular flexibility index (Phi) is 3.22. The molecule has 1 saturated carbocycles. The van der Waals surface area contributed by atoms with Crippen LogP contribution in [0.4, 0.5) is 0 Å². The van der Waals surface area contributed by atoms with E-state index in [1.807, 2.05) is 6.20 Å². The van der Waals surface area contributed by atoms with Crippen molar-refractivity contribution in [3.05, 3.63) is 36.0 Å². The minimum Gasteiger partial charge on any atom is -0.361 e. The normalized spacial score (nSPS) is 17.1. The number of benzene rings is 1. The number of H-pyrrole nitrogens is 1. The summed E-state index contributed by atoms with van der Waals surface area (Å²) in [6, 6.07) is 8.79. The van der Waals surface area contributed by atoms with Gasteiger partial charge in [0.05, 0.1) is 0 Å². The second-order valence-electron chi connectivity index (χ2n) is 4.61. The monoisotopic (exact) mass is 236 g/mol. The molecule has 1 aromatic carbocycles. The fraction of sp³-hybridized carbons (Fsp3) is 0.385. The summed E-state index contributed by atoms with van der Waals surface area (Å²) < 4.78 is 0. The van der Waals surface area contributed by atoms with Gasteiger partial charge >= 0.3 is 0 Å². The van der Waals surface area contributed by atoms with Crippen molar-refractivity contribution in [1.82, 2.24) is 4.98 Å². The molecule has 0 aliphatic heterocycles. The van der Waals surface area contributed by atoms with E-state index in [9.17, 15) is 0 Å². The van der Waals surface area contributed by atoms with Crippen LogP contribution in [0.25, 0.3) is 10.9 Å². The standard InChI is InChI=1S/C13H16N2.ClH/c14-12(7-9-1-2-9)10-3-4-13-11(8-10)5-6-15-13;/h3-6,8-9,12,15H,1-2,7,14H2;1H/t12-;/m0./s1. The first-order valence-corrected chi connectivity index (χ1v) is 5.65. The molecule has 0 radical (unpaired) electrons. The van der Waals surface area contributed by atoms with E-state index in [-0.39, 0.29) is 18.4 Å². The molecule has 2 aromatic rings. The van der Waals surface area contributed by atoms with Crippen LogP contribution < -0.4 is 5.73 Å². The summed E-state index contributed by atoms with van der Waals surface area (Å²) in [6.07, 6.45) is 5.87. The molecule has 2 nitrogen and oxygen atoms in total. The predicted octanol–water partition coefficient (Wildman–Crippen LogP) is 3.39. The Morgan fingerprint density at radius 1 is 1.31 bits per heavy atom. The molecular formula is C13H17ClN2. The molecule has 3 heteroatoms. The van der Waals surface area contributed by atoms with Crippen LogP contribution >= 0.6 is 12.4 Å². The molecule has 1 fully saturated rings. The highest BCUT2D eigenvalue weighted by atomic mass is 35.5. The van der Waals surface area contributed by atoms with E-state index >= 15 is 0 Å². The van der Waals surface area contributed by atoms with Gasteiger partial charge in [-0.25, -0.2) is 0 Å². The lowest BCUT2D eigenvalue weighted by molar-refractivity contribution is 0.597. The van der Waals surface area contributed by atoms with E-state index < -0.39 is 0 Å². The lowest BCUT2D eigenvalue weighted by Crippen LogP contribution is -2.10. The third-order valence-corrected chi connectivity index (χ3v) is 3.29. The SMILES string of the molecule is Cl.N[C@@H](CC1CC1)c1ccc2[nH]ccc2c1. The van der Waals surface area contributed by atoms with E-state index in [0.29, 0.717) is 0 Å². The fourth-order valence-electron chi connectivity index (χ4n) is 2.15. The number of hydrogen-bond donors (Lipinski definition) is 2. The first-order chi connectivity index (χ1) is 7.33. The van der Waals surface area contributed by atoms with Gasteiger partial charge in [0.1, 0.15) is 0 Å². The van der Waals surface area contributed by atoms with Gasteiger partial charge in [-0.2, -0.15) is 0 Å². The zero-order valence-corrected chi connectivity index (χ0v) is 9.96. The van der Waals surface area contributed by atoms with Gasteiger partial charge in [-0.05, 0) is 41.5 Å². The molecule has 3 N–H and O–H groups in total. The van der Waals surface area contributed by atoms with Gasteiger partial charge in [0.15, 0.2) is 0 Å². The maximum absolute atomic E-state index is 6.19. The molecule has 16 heavy (non-hydrogen) atoms. The van der Waals surface area contributed by atoms with Crippen molar-refractivity contribution in [2.75, 3.05) is 0 Å². The van der Waals surface area contributed by atoms with Crippen molar-refractivity contribution in [2.45, 2.75) is 25.3 Å². The summed E-state index contributed by atoms with van der Waals surface area (Å²) in [7, 11) is 0. The number of halogens is 1. The molecule has 86 valence electrons. The maximum atomic E-state index is 6.19. The molecule has 1 aliphatic carbocycles. The topological polar surface area (TPSA) is 41.8 Å². The van der Waals surface area contributed by atoms with Crippen molar-refractivity contribution in [3.63, 3.8) is 0 Å². The van der Waals surface area contributed by atoms with E-state index in [1.54, 1.807) is 0 Å². The van der Waals surface area contributed by atoms with Gasteiger partial charge in [0, 0.05) is 17.8 Å². The summed E-state index contributed by atoms with van der Waals surface area (Å²) in [5, 5.41) is 1.26. The van der Waals surface area contributed by atoms with Crippen LogP contribution in [0, 0.1) is 5.92 Å². The lowest BCUT2D eigenvalue weighted by Gasteiger charge is -2.11. The third kappa shape index (κ3) is 2.23. The van der Waals surface area contributed by atoms with Crippen molar-refractivity contribution in [1.29, 1.82) is 0 Å². The molecule has 0 unspecified atom stereocenters. The minimum absolute atomic E-state index is 0. The Labute approximate surface area is 102 Å². The molecule has 0 bridgehead atoms. The van der Waals surface area contributed by atoms with Crippen molar-refractivity contribution >= 4 is 23.3 Å². The number of nitrogens with two attached hydrogens (primary N) is 1. The summed E-state index contributed by atoms with van der Waals surface area (Å²) in [6.45, 7) is 0. The number of fused-ring (bicyclic) bond motifs is 1. The summed E-state index contributed by atoms with van der Waals surface area (Å²) in [5.41, 5.74) is 8.65. The first kappa shape index (κ1) is 11.5. The van der Waals surface area contributed by atoms with Crippen LogP contribution in [-0.2, 0) is 0 Å². The van der Waals surface area contributed by atoms with Crippen LogP contribution in [0.1, 0.15) is 30.9 Å². The van der Waals surface area contributed by atoms with E-state index in [2.05, 4.69) is 29.2 Å². The van der Waals surface area contributed by atoms with E-state index in [1.165, 1.54) is 29.3 Å². The van der Waals surface area contributed by atoms with Gasteiger partial charge in [0.2, 0.25) is 0 Å². The van der Waals surface area contributed by atoms with Gasteiger partial charge in [-0.15, -0.1) is 12.4 Å². The molecule has 0 spiro atoms.